The summed E-state index contributed by atoms with van der Waals surface area (Å²) >= 11 is 0. The van der Waals surface area contributed by atoms with E-state index in [0.717, 1.165) is 0 Å². The number of carbonyl (C=O) groups is 2. The molecule has 1 fully saturated rings. The summed E-state index contributed by atoms with van der Waals surface area (Å²) in [6.45, 7) is 4.84. The van der Waals surface area contributed by atoms with E-state index in [1.165, 1.54) is 12.0 Å². The summed E-state index contributed by atoms with van der Waals surface area (Å²) in [5.41, 5.74) is 1.17. The second-order valence-corrected chi connectivity index (χ2v) is 7.67. The smallest absolute Gasteiger partial charge is 0.295 e. The monoisotopic (exact) mass is 436 g/mol. The summed E-state index contributed by atoms with van der Waals surface area (Å²) in [4.78, 5) is 29.4. The van der Waals surface area contributed by atoms with Gasteiger partial charge in [0.25, 0.3) is 11.7 Å². The number of carbonyl (C=O) groups excluding carboxylic acids is 2. The maximum atomic E-state index is 13.0. The van der Waals surface area contributed by atoms with E-state index in [1.807, 2.05) is 25.1 Å². The molecule has 1 aliphatic heterocycles. The minimum atomic E-state index is -0.752. The fourth-order valence-electron chi connectivity index (χ4n) is 3.64. The number of Topliss-reactive ketones (excluding diaryl/α,β-unsaturated/α-hetero) is 1. The molecule has 1 amide bonds. The van der Waals surface area contributed by atoms with E-state index < -0.39 is 17.7 Å². The van der Waals surface area contributed by atoms with Crippen molar-refractivity contribution in [1.29, 1.82) is 0 Å². The number of aliphatic hydroxyl groups excluding tert-OH is 1. The molecule has 0 radical (unpaired) electrons. The molecule has 0 saturated carbocycles. The van der Waals surface area contributed by atoms with E-state index in [4.69, 9.17) is 9.47 Å². The Morgan fingerprint density at radius 3 is 2.50 bits per heavy atom. The Kier molecular flexibility index (Phi) is 7.33. The summed E-state index contributed by atoms with van der Waals surface area (Å²) in [6.07, 6.45) is 1.63. The number of ketones is 1. The third-order valence-electron chi connectivity index (χ3n) is 5.24. The van der Waals surface area contributed by atoms with Gasteiger partial charge < -0.3 is 24.4 Å². The maximum Gasteiger partial charge on any atom is 0.295 e. The van der Waals surface area contributed by atoms with E-state index in [0.29, 0.717) is 42.3 Å². The summed E-state index contributed by atoms with van der Waals surface area (Å²) in [6, 6.07) is 13.2. The maximum absolute atomic E-state index is 13.0. The molecule has 0 aromatic heterocycles. The van der Waals surface area contributed by atoms with Crippen molar-refractivity contribution in [2.24, 2.45) is 0 Å². The van der Waals surface area contributed by atoms with Crippen LogP contribution in [0.4, 0.5) is 0 Å². The minimum Gasteiger partial charge on any atom is -0.507 e. The highest BCUT2D eigenvalue weighted by atomic mass is 16.5. The van der Waals surface area contributed by atoms with Crippen molar-refractivity contribution in [3.05, 3.63) is 77.9 Å². The minimum absolute atomic E-state index is 0.0572. The number of amides is 1. The lowest BCUT2D eigenvalue weighted by molar-refractivity contribution is -0.140. The fraction of sp³-hybridized carbons (Fsp3) is 0.280. The van der Waals surface area contributed by atoms with Crippen LogP contribution in [-0.2, 0) is 9.59 Å². The van der Waals surface area contributed by atoms with Crippen LogP contribution in [0, 0.1) is 0 Å². The van der Waals surface area contributed by atoms with Crippen LogP contribution in [0.15, 0.2) is 66.8 Å². The normalized spacial score (nSPS) is 17.6. The summed E-state index contributed by atoms with van der Waals surface area (Å²) in [5.74, 6) is -0.569. The number of ether oxygens (including phenoxy) is 2. The number of rotatable bonds is 9. The molecule has 2 aromatic rings. The van der Waals surface area contributed by atoms with Crippen LogP contribution in [0.3, 0.4) is 0 Å². The summed E-state index contributed by atoms with van der Waals surface area (Å²) < 4.78 is 11.1. The molecule has 1 saturated heterocycles. The largest absolute Gasteiger partial charge is 0.507 e. The molecule has 2 aromatic carbocycles. The standard InChI is InChI=1S/C25H28N2O5/c1-5-15-32-19-12-11-18(16-20(19)31-4)22-21(23(28)17-9-7-6-8-10-17)24(29)25(30)27(22)14-13-26(2)3/h5-12,16,22,28H,1,13-15H2,2-4H3/b23-21+. The van der Waals surface area contributed by atoms with Gasteiger partial charge in [0.1, 0.15) is 12.4 Å². The van der Waals surface area contributed by atoms with Gasteiger partial charge in [0.05, 0.1) is 18.7 Å². The zero-order valence-corrected chi connectivity index (χ0v) is 18.6. The van der Waals surface area contributed by atoms with Crippen molar-refractivity contribution in [1.82, 2.24) is 9.80 Å². The number of benzene rings is 2. The highest BCUT2D eigenvalue weighted by Gasteiger charge is 2.46. The molecule has 1 unspecified atom stereocenters. The average molecular weight is 437 g/mol. The predicted octanol–water partition coefficient (Wildman–Crippen LogP) is 3.24. The molecule has 3 rings (SSSR count). The molecule has 0 bridgehead atoms. The topological polar surface area (TPSA) is 79.3 Å². The fourth-order valence-corrected chi connectivity index (χ4v) is 3.64. The highest BCUT2D eigenvalue weighted by molar-refractivity contribution is 6.46. The Bertz CT molecular complexity index is 1030. The molecule has 1 aliphatic rings. The SMILES string of the molecule is C=CCOc1ccc(C2/C(=C(\O)c3ccccc3)C(=O)C(=O)N2CCN(C)C)cc1OC. The number of hydrogen-bond donors (Lipinski definition) is 1. The molecule has 32 heavy (non-hydrogen) atoms. The lowest BCUT2D eigenvalue weighted by Gasteiger charge is -2.27. The van der Waals surface area contributed by atoms with E-state index in [9.17, 15) is 14.7 Å². The van der Waals surface area contributed by atoms with Gasteiger partial charge in [0, 0.05) is 18.7 Å². The van der Waals surface area contributed by atoms with Crippen LogP contribution in [0.2, 0.25) is 0 Å². The summed E-state index contributed by atoms with van der Waals surface area (Å²) in [7, 11) is 5.31. The molecule has 1 N–H and O–H groups in total. The molecule has 1 heterocycles. The van der Waals surface area contributed by atoms with Crippen LogP contribution in [0.5, 0.6) is 11.5 Å². The van der Waals surface area contributed by atoms with Gasteiger partial charge in [-0.25, -0.2) is 0 Å². The first kappa shape index (κ1) is 23.1. The molecule has 168 valence electrons. The van der Waals surface area contributed by atoms with E-state index in [-0.39, 0.29) is 11.3 Å². The number of nitrogens with zero attached hydrogens (tertiary/aromatic N) is 2. The van der Waals surface area contributed by atoms with Crippen molar-refractivity contribution in [3.8, 4) is 11.5 Å². The van der Waals surface area contributed by atoms with Gasteiger partial charge in [-0.1, -0.05) is 49.1 Å². The van der Waals surface area contributed by atoms with Crippen LogP contribution >= 0.6 is 0 Å². The number of likely N-dealkylation sites (N-methyl/N-ethyl adjacent to an activating group) is 1. The van der Waals surface area contributed by atoms with E-state index in [2.05, 4.69) is 6.58 Å². The zero-order chi connectivity index (χ0) is 23.3. The van der Waals surface area contributed by atoms with Gasteiger partial charge in [-0.2, -0.15) is 0 Å². The third kappa shape index (κ3) is 4.68. The van der Waals surface area contributed by atoms with Crippen LogP contribution in [0.25, 0.3) is 5.76 Å². The lowest BCUT2D eigenvalue weighted by atomic mass is 9.95. The number of methoxy groups -OCH3 is 1. The first-order valence-corrected chi connectivity index (χ1v) is 10.3. The van der Waals surface area contributed by atoms with Crippen molar-refractivity contribution >= 4 is 17.4 Å². The number of aliphatic hydroxyl groups is 1. The molecule has 7 nitrogen and oxygen atoms in total. The van der Waals surface area contributed by atoms with Crippen LogP contribution in [0.1, 0.15) is 17.2 Å². The van der Waals surface area contributed by atoms with Gasteiger partial charge in [0.15, 0.2) is 11.5 Å². The van der Waals surface area contributed by atoms with Gasteiger partial charge in [0.2, 0.25) is 0 Å². The van der Waals surface area contributed by atoms with Gasteiger partial charge in [-0.3, -0.25) is 9.59 Å². The predicted molar refractivity (Wildman–Crippen MR) is 123 cm³/mol. The summed E-state index contributed by atoms with van der Waals surface area (Å²) in [5, 5.41) is 11.0. The molecular formula is C25H28N2O5. The third-order valence-corrected chi connectivity index (χ3v) is 5.24. The molecular weight excluding hydrogens is 408 g/mol. The first-order chi connectivity index (χ1) is 15.4. The zero-order valence-electron chi connectivity index (χ0n) is 18.6. The van der Waals surface area contributed by atoms with Gasteiger partial charge in [-0.05, 0) is 31.8 Å². The van der Waals surface area contributed by atoms with Crippen molar-refractivity contribution < 1.29 is 24.2 Å². The van der Waals surface area contributed by atoms with Crippen molar-refractivity contribution in [2.75, 3.05) is 40.9 Å². The van der Waals surface area contributed by atoms with Gasteiger partial charge >= 0.3 is 0 Å². The quantitative estimate of drug-likeness (QED) is 0.281. The number of hydrogen-bond acceptors (Lipinski definition) is 6. The Morgan fingerprint density at radius 1 is 1.16 bits per heavy atom. The Balaban J connectivity index is 2.14. The Labute approximate surface area is 188 Å². The second kappa shape index (κ2) is 10.2. The van der Waals surface area contributed by atoms with Crippen LogP contribution in [-0.4, -0.2) is 67.5 Å². The molecule has 1 atom stereocenters. The van der Waals surface area contributed by atoms with Crippen molar-refractivity contribution in [2.45, 2.75) is 6.04 Å². The molecule has 0 spiro atoms. The van der Waals surface area contributed by atoms with E-state index in [1.54, 1.807) is 48.5 Å². The average Bonchev–Trinajstić information content (AvgIpc) is 3.06. The Hall–Kier alpha value is -3.58. The Morgan fingerprint density at radius 2 is 1.88 bits per heavy atom. The second-order valence-electron chi connectivity index (χ2n) is 7.67. The van der Waals surface area contributed by atoms with E-state index >= 15 is 0 Å². The lowest BCUT2D eigenvalue weighted by Crippen LogP contribution is -2.35. The highest BCUT2D eigenvalue weighted by Crippen LogP contribution is 2.41. The first-order valence-electron chi connectivity index (χ1n) is 10.3. The van der Waals surface area contributed by atoms with Crippen molar-refractivity contribution in [3.63, 3.8) is 0 Å². The van der Waals surface area contributed by atoms with Crippen LogP contribution < -0.4 is 9.47 Å². The molecule has 7 heteroatoms. The molecule has 0 aliphatic carbocycles. The van der Waals surface area contributed by atoms with Gasteiger partial charge in [-0.15, -0.1) is 0 Å². The number of likely N-dealkylation sites (tertiary alicyclic amines) is 1.